The molecule has 0 saturated heterocycles. The Balaban J connectivity index is 1.70. The number of hydrogen-bond donors (Lipinski definition) is 0. The summed E-state index contributed by atoms with van der Waals surface area (Å²) >= 11 is 0. The van der Waals surface area contributed by atoms with Crippen LogP contribution in [0.15, 0.2) is 97.6 Å². The fourth-order valence-corrected chi connectivity index (χ4v) is 9.51. The van der Waals surface area contributed by atoms with Crippen molar-refractivity contribution in [3.63, 3.8) is 0 Å². The zero-order chi connectivity index (χ0) is 19.9. The lowest BCUT2D eigenvalue weighted by Crippen LogP contribution is -2.30. The summed E-state index contributed by atoms with van der Waals surface area (Å²) in [7, 11) is -2.38. The minimum atomic E-state index is -1.73. The van der Waals surface area contributed by atoms with Gasteiger partial charge in [-0.25, -0.2) is 9.97 Å². The fourth-order valence-electron chi connectivity index (χ4n) is 3.31. The van der Waals surface area contributed by atoms with Gasteiger partial charge in [0.25, 0.3) is 0 Å². The molecule has 0 spiro atoms. The van der Waals surface area contributed by atoms with Crippen molar-refractivity contribution in [2.45, 2.75) is 0 Å². The Morgan fingerprint density at radius 3 is 1.45 bits per heavy atom. The molecule has 0 unspecified atom stereocenters. The minimum Gasteiger partial charge on any atom is -0.256 e. The van der Waals surface area contributed by atoms with Gasteiger partial charge in [0.1, 0.15) is 7.26 Å². The summed E-state index contributed by atoms with van der Waals surface area (Å²) in [4.78, 5) is 18.8. The molecule has 144 valence electrons. The maximum atomic E-state index is 4.74. The van der Waals surface area contributed by atoms with E-state index >= 15 is 0 Å². The van der Waals surface area contributed by atoms with Gasteiger partial charge in [-0.15, -0.1) is 0 Å². The molecule has 4 heterocycles. The van der Waals surface area contributed by atoms with Crippen molar-refractivity contribution in [3.05, 3.63) is 97.6 Å². The first-order valence-corrected chi connectivity index (χ1v) is 13.5. The highest BCUT2D eigenvalue weighted by atomic mass is 31.2. The van der Waals surface area contributed by atoms with Crippen LogP contribution in [0.4, 0.5) is 0 Å². The Kier molecular flexibility index (Phi) is 6.34. The summed E-state index contributed by atoms with van der Waals surface area (Å²) in [5, 5.41) is 0. The summed E-state index contributed by atoms with van der Waals surface area (Å²) < 4.78 is 0. The number of pyridine rings is 4. The molecule has 4 nitrogen and oxygen atoms in total. The zero-order valence-corrected chi connectivity index (χ0v) is 18.1. The lowest BCUT2D eigenvalue weighted by Gasteiger charge is -2.23. The number of hydrogen-bond acceptors (Lipinski definition) is 4. The van der Waals surface area contributed by atoms with Gasteiger partial charge in [-0.1, -0.05) is 24.3 Å². The van der Waals surface area contributed by atoms with Gasteiger partial charge in [0.2, 0.25) is 0 Å². The fraction of sp³-hybridized carbons (Fsp3) is 0.130. The molecule has 0 aromatic carbocycles. The van der Waals surface area contributed by atoms with Crippen molar-refractivity contribution in [2.24, 2.45) is 0 Å². The molecule has 0 amide bonds. The third kappa shape index (κ3) is 4.56. The Labute approximate surface area is 173 Å². The van der Waals surface area contributed by atoms with Crippen LogP contribution < -0.4 is 21.7 Å². The van der Waals surface area contributed by atoms with Gasteiger partial charge in [-0.3, -0.25) is 9.97 Å². The van der Waals surface area contributed by atoms with Crippen LogP contribution in [0.5, 0.6) is 0 Å². The van der Waals surface area contributed by atoms with E-state index < -0.39 is 15.2 Å². The SMILES string of the molecule is C[P+](CCP(c1ccccn1)c1ccccn1)(c1ccccn1)c1ccccn1. The zero-order valence-electron chi connectivity index (χ0n) is 16.3. The normalized spacial score (nSPS) is 11.5. The molecule has 4 rings (SSSR count). The quantitative estimate of drug-likeness (QED) is 0.434. The average Bonchev–Trinajstić information content (AvgIpc) is 2.81. The van der Waals surface area contributed by atoms with Gasteiger partial charge >= 0.3 is 0 Å². The van der Waals surface area contributed by atoms with Gasteiger partial charge in [-0.2, -0.15) is 0 Å². The van der Waals surface area contributed by atoms with Gasteiger partial charge in [0, 0.05) is 43.1 Å². The highest BCUT2D eigenvalue weighted by Gasteiger charge is 2.41. The second kappa shape index (κ2) is 9.31. The molecule has 0 N–H and O–H groups in total. The van der Waals surface area contributed by atoms with E-state index in [1.54, 1.807) is 0 Å². The second-order valence-corrected chi connectivity index (χ2v) is 12.8. The number of rotatable bonds is 7. The van der Waals surface area contributed by atoms with Crippen LogP contribution >= 0.6 is 15.2 Å². The first kappa shape index (κ1) is 19.8. The van der Waals surface area contributed by atoms with Crippen molar-refractivity contribution < 1.29 is 0 Å². The monoisotopic (exact) mass is 417 g/mol. The molecule has 0 aliphatic rings. The van der Waals surface area contributed by atoms with E-state index in [9.17, 15) is 0 Å². The number of aromatic nitrogens is 4. The van der Waals surface area contributed by atoms with Gasteiger partial charge < -0.3 is 0 Å². The van der Waals surface area contributed by atoms with Crippen LogP contribution in [-0.2, 0) is 0 Å². The van der Waals surface area contributed by atoms with Crippen LogP contribution in [0.1, 0.15) is 0 Å². The minimum absolute atomic E-state index is 0.646. The van der Waals surface area contributed by atoms with Crippen molar-refractivity contribution in [3.8, 4) is 0 Å². The molecule has 0 aliphatic heterocycles. The van der Waals surface area contributed by atoms with E-state index in [2.05, 4.69) is 65.2 Å². The Bertz CT molecular complexity index is 937. The largest absolute Gasteiger partial charge is 0.256 e. The van der Waals surface area contributed by atoms with E-state index in [1.807, 2.05) is 49.1 Å². The summed E-state index contributed by atoms with van der Waals surface area (Å²) in [6.07, 6.45) is 9.53. The second-order valence-electron chi connectivity index (χ2n) is 6.82. The Morgan fingerprint density at radius 1 is 0.621 bits per heavy atom. The molecule has 0 atom stereocenters. The van der Waals surface area contributed by atoms with Crippen LogP contribution in [0.3, 0.4) is 0 Å². The van der Waals surface area contributed by atoms with Crippen LogP contribution in [0, 0.1) is 0 Å². The standard InChI is InChI=1S/C23H23N4P2/c1-29(22-12-4-8-16-26-22,23-13-5-9-17-27-23)19-18-28(20-10-2-6-14-24-20)21-11-3-7-15-25-21/h2-17H,18-19H2,1H3/q+1. The molecular formula is C23H23N4P2+. The lowest BCUT2D eigenvalue weighted by atomic mass is 10.5. The van der Waals surface area contributed by atoms with Crippen molar-refractivity contribution in [2.75, 3.05) is 19.0 Å². The summed E-state index contributed by atoms with van der Waals surface area (Å²) in [6.45, 7) is 2.35. The molecular weight excluding hydrogens is 394 g/mol. The van der Waals surface area contributed by atoms with E-state index in [1.165, 1.54) is 0 Å². The van der Waals surface area contributed by atoms with Crippen LogP contribution in [-0.4, -0.2) is 38.9 Å². The predicted octanol–water partition coefficient (Wildman–Crippen LogP) is 3.00. The molecule has 4 aromatic heterocycles. The van der Waals surface area contributed by atoms with Gasteiger partial charge in [-0.05, 0) is 44.3 Å². The molecule has 0 saturated carbocycles. The maximum absolute atomic E-state index is 4.74. The molecule has 0 fully saturated rings. The third-order valence-electron chi connectivity index (χ3n) is 4.93. The summed E-state index contributed by atoms with van der Waals surface area (Å²) in [5.74, 6) is 0. The topological polar surface area (TPSA) is 51.6 Å². The smallest absolute Gasteiger partial charge is 0.188 e. The van der Waals surface area contributed by atoms with Crippen molar-refractivity contribution in [1.29, 1.82) is 0 Å². The molecule has 0 radical (unpaired) electrons. The lowest BCUT2D eigenvalue weighted by molar-refractivity contribution is 1.33. The van der Waals surface area contributed by atoms with Crippen molar-refractivity contribution in [1.82, 2.24) is 19.9 Å². The van der Waals surface area contributed by atoms with Crippen molar-refractivity contribution >= 4 is 36.9 Å². The van der Waals surface area contributed by atoms with E-state index in [4.69, 9.17) is 9.97 Å². The molecule has 0 bridgehead atoms. The van der Waals surface area contributed by atoms with E-state index in [0.29, 0.717) is 0 Å². The molecule has 0 aliphatic carbocycles. The third-order valence-corrected chi connectivity index (χ3v) is 11.3. The first-order chi connectivity index (χ1) is 14.3. The Morgan fingerprint density at radius 2 is 1.07 bits per heavy atom. The number of nitrogens with zero attached hydrogens (tertiary/aromatic N) is 4. The maximum Gasteiger partial charge on any atom is 0.188 e. The van der Waals surface area contributed by atoms with E-state index in [0.717, 1.165) is 34.1 Å². The average molecular weight is 417 g/mol. The van der Waals surface area contributed by atoms with Gasteiger partial charge in [0.05, 0.1) is 23.7 Å². The Hall–Kier alpha value is -2.54. The first-order valence-electron chi connectivity index (χ1n) is 9.56. The molecule has 6 heteroatoms. The molecule has 29 heavy (non-hydrogen) atoms. The summed E-state index contributed by atoms with van der Waals surface area (Å²) in [5.41, 5.74) is 4.54. The van der Waals surface area contributed by atoms with Crippen LogP contribution in [0.25, 0.3) is 0 Å². The molecule has 4 aromatic rings. The highest BCUT2D eigenvalue weighted by molar-refractivity contribution is 7.89. The predicted molar refractivity (Wildman–Crippen MR) is 125 cm³/mol. The summed E-state index contributed by atoms with van der Waals surface area (Å²) in [6, 6.07) is 24.7. The highest BCUT2D eigenvalue weighted by Crippen LogP contribution is 2.53. The van der Waals surface area contributed by atoms with E-state index in [-0.39, 0.29) is 0 Å². The van der Waals surface area contributed by atoms with Gasteiger partial charge in [0.15, 0.2) is 10.9 Å². The van der Waals surface area contributed by atoms with Crippen LogP contribution in [0.2, 0.25) is 0 Å².